The Morgan fingerprint density at radius 3 is 1.94 bits per heavy atom. The number of aromatic nitrogens is 4. The van der Waals surface area contributed by atoms with Crippen molar-refractivity contribution in [3.05, 3.63) is 90.3 Å². The van der Waals surface area contributed by atoms with Gasteiger partial charge < -0.3 is 53.2 Å². The Kier molecular flexibility index (Phi) is 11.5. The normalized spacial score (nSPS) is 13.6. The molecule has 4 atom stereocenters. The van der Waals surface area contributed by atoms with Crippen molar-refractivity contribution in [1.82, 2.24) is 35.9 Å². The quantitative estimate of drug-likeness (QED) is 0.0367. The van der Waals surface area contributed by atoms with Crippen LogP contribution in [-0.4, -0.2) is 85.4 Å². The second-order valence-corrected chi connectivity index (χ2v) is 12.0. The first-order valence-corrected chi connectivity index (χ1v) is 16.1. The number of para-hydroxylation sites is 2. The van der Waals surface area contributed by atoms with Gasteiger partial charge in [-0.1, -0.05) is 36.4 Å². The van der Waals surface area contributed by atoms with Gasteiger partial charge >= 0.3 is 5.97 Å². The van der Waals surface area contributed by atoms with E-state index in [1.807, 2.05) is 48.5 Å². The van der Waals surface area contributed by atoms with Crippen LogP contribution in [0.2, 0.25) is 0 Å². The number of guanidine groups is 1. The molecular formula is C34H41N11O5. The van der Waals surface area contributed by atoms with Crippen molar-refractivity contribution in [1.29, 1.82) is 0 Å². The Balaban J connectivity index is 1.35. The van der Waals surface area contributed by atoms with Gasteiger partial charge in [0.05, 0.1) is 12.4 Å². The number of carboxylic acid groups (broad SMARTS) is 1. The summed E-state index contributed by atoms with van der Waals surface area (Å²) >= 11 is 0. The molecular weight excluding hydrogens is 642 g/mol. The molecule has 0 fully saturated rings. The first-order chi connectivity index (χ1) is 24.1. The Hall–Kier alpha value is -6.16. The second kappa shape index (κ2) is 16.3. The predicted molar refractivity (Wildman–Crippen MR) is 188 cm³/mol. The zero-order valence-electron chi connectivity index (χ0n) is 27.2. The fourth-order valence-corrected chi connectivity index (χ4v) is 5.77. The van der Waals surface area contributed by atoms with Crippen molar-refractivity contribution >= 4 is 51.5 Å². The number of benzene rings is 2. The number of nitrogens with one attached hydrogen (secondary N) is 6. The van der Waals surface area contributed by atoms with Crippen molar-refractivity contribution in [2.45, 2.75) is 56.3 Å². The molecule has 5 aromatic rings. The number of imidazole rings is 1. The number of aliphatic carboxylic acids is 1. The number of nitrogens with two attached hydrogens (primary N) is 3. The zero-order chi connectivity index (χ0) is 35.6. The SMILES string of the molecule is NC(N)=NCCCC(NC(=O)C(N)Cc1c[nH]c2ccccc12)C(=O)NC(Cc1c[nH]c2ccccc12)C(=O)NC(Cc1cnc[nH]1)C(=O)O. The first-order valence-electron chi connectivity index (χ1n) is 16.1. The molecule has 0 radical (unpaired) electrons. The van der Waals surface area contributed by atoms with Crippen LogP contribution in [0.1, 0.15) is 29.7 Å². The highest BCUT2D eigenvalue weighted by molar-refractivity contribution is 5.95. The Morgan fingerprint density at radius 2 is 1.34 bits per heavy atom. The third-order valence-corrected chi connectivity index (χ3v) is 8.36. The monoisotopic (exact) mass is 683 g/mol. The number of nitrogens with zero attached hydrogens (tertiary/aromatic N) is 2. The van der Waals surface area contributed by atoms with Crippen LogP contribution in [0.25, 0.3) is 21.8 Å². The minimum atomic E-state index is -1.32. The highest BCUT2D eigenvalue weighted by atomic mass is 16.4. The summed E-state index contributed by atoms with van der Waals surface area (Å²) in [5, 5.41) is 19.7. The lowest BCUT2D eigenvalue weighted by atomic mass is 10.0. The van der Waals surface area contributed by atoms with E-state index in [-0.39, 0.29) is 38.2 Å². The number of carbonyl (C=O) groups excluding carboxylic acids is 3. The number of hydrogen-bond donors (Lipinski definition) is 10. The van der Waals surface area contributed by atoms with Gasteiger partial charge in [0.15, 0.2) is 5.96 Å². The molecule has 50 heavy (non-hydrogen) atoms. The molecule has 0 saturated carbocycles. The average Bonchev–Trinajstić information content (AvgIpc) is 3.86. The van der Waals surface area contributed by atoms with Crippen molar-refractivity contribution in [2.75, 3.05) is 6.54 Å². The van der Waals surface area contributed by atoms with Crippen LogP contribution in [0.4, 0.5) is 0 Å². The smallest absolute Gasteiger partial charge is 0.326 e. The van der Waals surface area contributed by atoms with E-state index in [9.17, 15) is 24.3 Å². The number of carboxylic acids is 1. The fraction of sp³-hybridized carbons (Fsp3) is 0.294. The van der Waals surface area contributed by atoms with Gasteiger partial charge in [0.25, 0.3) is 0 Å². The lowest BCUT2D eigenvalue weighted by Crippen LogP contribution is -2.58. The third kappa shape index (κ3) is 9.04. The van der Waals surface area contributed by atoms with E-state index in [1.54, 1.807) is 12.4 Å². The summed E-state index contributed by atoms with van der Waals surface area (Å²) in [6.45, 7) is 0.191. The van der Waals surface area contributed by atoms with Crippen LogP contribution in [-0.2, 0) is 38.4 Å². The van der Waals surface area contributed by atoms with Crippen LogP contribution in [0.5, 0.6) is 0 Å². The van der Waals surface area contributed by atoms with Crippen molar-refractivity contribution < 1.29 is 24.3 Å². The molecule has 3 heterocycles. The second-order valence-electron chi connectivity index (χ2n) is 12.0. The topological polar surface area (TPSA) is 275 Å². The molecule has 16 heteroatoms. The summed E-state index contributed by atoms with van der Waals surface area (Å²) in [5.41, 5.74) is 21.1. The largest absolute Gasteiger partial charge is 0.480 e. The summed E-state index contributed by atoms with van der Waals surface area (Å²) in [6.07, 6.45) is 6.99. The van der Waals surface area contributed by atoms with E-state index < -0.39 is 47.9 Å². The summed E-state index contributed by atoms with van der Waals surface area (Å²) in [4.78, 5) is 70.3. The maximum absolute atomic E-state index is 13.9. The zero-order valence-corrected chi connectivity index (χ0v) is 27.2. The van der Waals surface area contributed by atoms with Gasteiger partial charge in [0.2, 0.25) is 17.7 Å². The Morgan fingerprint density at radius 1 is 0.760 bits per heavy atom. The van der Waals surface area contributed by atoms with E-state index in [0.29, 0.717) is 12.1 Å². The molecule has 2 aromatic carbocycles. The van der Waals surface area contributed by atoms with E-state index in [4.69, 9.17) is 17.2 Å². The molecule has 5 rings (SSSR count). The molecule has 3 amide bonds. The minimum absolute atomic E-state index is 0.0206. The molecule has 16 nitrogen and oxygen atoms in total. The van der Waals surface area contributed by atoms with Gasteiger partial charge in [0.1, 0.15) is 18.1 Å². The Bertz CT molecular complexity index is 1960. The van der Waals surface area contributed by atoms with Gasteiger partial charge in [-0.05, 0) is 42.5 Å². The summed E-state index contributed by atoms with van der Waals surface area (Å²) in [6, 6.07) is 10.4. The number of hydrogen-bond acceptors (Lipinski definition) is 7. The Labute approximate surface area is 286 Å². The summed E-state index contributed by atoms with van der Waals surface area (Å²) < 4.78 is 0. The van der Waals surface area contributed by atoms with Gasteiger partial charge in [-0.15, -0.1) is 0 Å². The van der Waals surface area contributed by atoms with Crippen LogP contribution < -0.4 is 33.2 Å². The van der Waals surface area contributed by atoms with Gasteiger partial charge in [0, 0.05) is 65.5 Å². The molecule has 13 N–H and O–H groups in total. The first kappa shape index (κ1) is 35.2. The summed E-state index contributed by atoms with van der Waals surface area (Å²) in [5.74, 6) is -3.34. The number of carbonyl (C=O) groups is 4. The molecule has 4 unspecified atom stereocenters. The maximum atomic E-state index is 13.9. The van der Waals surface area contributed by atoms with Gasteiger partial charge in [-0.25, -0.2) is 9.78 Å². The number of amides is 3. The number of rotatable bonds is 17. The lowest BCUT2D eigenvalue weighted by Gasteiger charge is -2.25. The third-order valence-electron chi connectivity index (χ3n) is 8.36. The highest BCUT2D eigenvalue weighted by Crippen LogP contribution is 2.20. The van der Waals surface area contributed by atoms with Crippen molar-refractivity contribution in [2.24, 2.45) is 22.2 Å². The lowest BCUT2D eigenvalue weighted by molar-refractivity contribution is -0.142. The highest BCUT2D eigenvalue weighted by Gasteiger charge is 2.31. The van der Waals surface area contributed by atoms with Crippen LogP contribution in [0.15, 0.2) is 78.4 Å². The van der Waals surface area contributed by atoms with E-state index in [2.05, 4.69) is 40.9 Å². The van der Waals surface area contributed by atoms with E-state index in [1.165, 1.54) is 12.5 Å². The van der Waals surface area contributed by atoms with Gasteiger partial charge in [-0.3, -0.25) is 19.4 Å². The van der Waals surface area contributed by atoms with Crippen LogP contribution >= 0.6 is 0 Å². The molecule has 0 spiro atoms. The van der Waals surface area contributed by atoms with Crippen molar-refractivity contribution in [3.63, 3.8) is 0 Å². The molecule has 0 aliphatic carbocycles. The van der Waals surface area contributed by atoms with Gasteiger partial charge in [-0.2, -0.15) is 0 Å². The molecule has 0 aliphatic rings. The minimum Gasteiger partial charge on any atom is -0.480 e. The fourth-order valence-electron chi connectivity index (χ4n) is 5.77. The van der Waals surface area contributed by atoms with E-state index in [0.717, 1.165) is 32.9 Å². The predicted octanol–water partition coefficient (Wildman–Crippen LogP) is 0.320. The number of aliphatic imine (C=N–C) groups is 1. The molecule has 0 aliphatic heterocycles. The standard InChI is InChI=1S/C34H41N11O5/c35-24(12-19-15-40-25-8-3-1-6-22(19)25)30(46)43-27(10-5-11-39-34(36)37)31(47)44-28(13-20-16-41-26-9-4-2-7-23(20)26)32(48)45-29(33(49)50)14-21-17-38-18-42-21/h1-4,6-9,15-18,24,27-29,40-41H,5,10-14,35H2,(H,38,42)(H,43,46)(H,44,47)(H,45,48)(H,49,50)(H4,36,37,39). The average molecular weight is 684 g/mol. The molecule has 3 aromatic heterocycles. The molecule has 262 valence electrons. The maximum Gasteiger partial charge on any atom is 0.326 e. The number of H-pyrrole nitrogens is 3. The van der Waals surface area contributed by atoms with Crippen molar-refractivity contribution in [3.8, 4) is 0 Å². The van der Waals surface area contributed by atoms with E-state index >= 15 is 0 Å². The van der Waals surface area contributed by atoms with Crippen LogP contribution in [0.3, 0.4) is 0 Å². The summed E-state index contributed by atoms with van der Waals surface area (Å²) in [7, 11) is 0. The van der Waals surface area contributed by atoms with Crippen LogP contribution in [0, 0.1) is 0 Å². The molecule has 0 saturated heterocycles. The molecule has 0 bridgehead atoms. The number of fused-ring (bicyclic) bond motifs is 2. The number of aromatic amines is 3.